The molecule has 102 valence electrons. The SMILES string of the molecule is Cc1ccc(C#N)cc1S(=O)(=O)NC(C)(C)C(N)=O. The van der Waals surface area contributed by atoms with Crippen molar-refractivity contribution >= 4 is 15.9 Å². The Hall–Kier alpha value is -1.91. The first-order valence-corrected chi connectivity index (χ1v) is 6.93. The molecule has 0 heterocycles. The van der Waals surface area contributed by atoms with Crippen LogP contribution in [-0.2, 0) is 14.8 Å². The number of primary amides is 1. The first kappa shape index (κ1) is 15.1. The van der Waals surface area contributed by atoms with Crippen molar-refractivity contribution in [2.45, 2.75) is 31.2 Å². The van der Waals surface area contributed by atoms with Crippen molar-refractivity contribution in [3.8, 4) is 6.07 Å². The topological polar surface area (TPSA) is 113 Å². The van der Waals surface area contributed by atoms with Crippen LogP contribution in [0.5, 0.6) is 0 Å². The molecule has 1 aromatic rings. The molecule has 0 aliphatic carbocycles. The molecule has 0 bridgehead atoms. The number of benzene rings is 1. The van der Waals surface area contributed by atoms with E-state index in [1.807, 2.05) is 6.07 Å². The second kappa shape index (κ2) is 4.99. The number of hydrogen-bond acceptors (Lipinski definition) is 4. The van der Waals surface area contributed by atoms with Crippen molar-refractivity contribution in [3.63, 3.8) is 0 Å². The van der Waals surface area contributed by atoms with E-state index in [9.17, 15) is 13.2 Å². The predicted molar refractivity (Wildman–Crippen MR) is 69.5 cm³/mol. The van der Waals surface area contributed by atoms with Gasteiger partial charge in [0.1, 0.15) is 5.54 Å². The molecule has 0 unspecified atom stereocenters. The van der Waals surface area contributed by atoms with Crippen molar-refractivity contribution in [1.29, 1.82) is 5.26 Å². The van der Waals surface area contributed by atoms with Gasteiger partial charge in [0.05, 0.1) is 16.5 Å². The summed E-state index contributed by atoms with van der Waals surface area (Å²) in [7, 11) is -3.93. The molecular formula is C12H15N3O3S. The average molecular weight is 281 g/mol. The highest BCUT2D eigenvalue weighted by Gasteiger charge is 2.32. The van der Waals surface area contributed by atoms with Crippen LogP contribution in [0.3, 0.4) is 0 Å². The molecule has 0 aromatic heterocycles. The quantitative estimate of drug-likeness (QED) is 0.832. The molecule has 3 N–H and O–H groups in total. The van der Waals surface area contributed by atoms with Crippen molar-refractivity contribution in [2.24, 2.45) is 5.73 Å². The molecule has 0 saturated carbocycles. The maximum absolute atomic E-state index is 12.2. The summed E-state index contributed by atoms with van der Waals surface area (Å²) in [6.07, 6.45) is 0. The molecule has 7 heteroatoms. The third kappa shape index (κ3) is 3.30. The number of nitriles is 1. The van der Waals surface area contributed by atoms with Gasteiger partial charge >= 0.3 is 0 Å². The second-order valence-electron chi connectivity index (χ2n) is 4.69. The van der Waals surface area contributed by atoms with Gasteiger partial charge in [-0.1, -0.05) is 6.07 Å². The smallest absolute Gasteiger partial charge is 0.241 e. The molecular weight excluding hydrogens is 266 g/mol. The van der Waals surface area contributed by atoms with E-state index in [0.717, 1.165) is 0 Å². The van der Waals surface area contributed by atoms with Crippen molar-refractivity contribution in [2.75, 3.05) is 0 Å². The number of sulfonamides is 1. The molecule has 0 fully saturated rings. The minimum absolute atomic E-state index is 0.0409. The molecule has 0 saturated heterocycles. The number of carbonyl (C=O) groups excluding carboxylic acids is 1. The van der Waals surface area contributed by atoms with Gasteiger partial charge in [0.25, 0.3) is 0 Å². The fraction of sp³-hybridized carbons (Fsp3) is 0.333. The second-order valence-corrected chi connectivity index (χ2v) is 6.34. The maximum Gasteiger partial charge on any atom is 0.241 e. The number of rotatable bonds is 4. The lowest BCUT2D eigenvalue weighted by atomic mass is 10.1. The van der Waals surface area contributed by atoms with Crippen LogP contribution in [0.1, 0.15) is 25.0 Å². The summed E-state index contributed by atoms with van der Waals surface area (Å²) in [6, 6.07) is 6.18. The van der Waals surface area contributed by atoms with Crippen LogP contribution >= 0.6 is 0 Å². The summed E-state index contributed by atoms with van der Waals surface area (Å²) in [4.78, 5) is 11.1. The standard InChI is InChI=1S/C12H15N3O3S/c1-8-4-5-9(7-13)6-10(8)19(17,18)15-12(2,3)11(14)16/h4-6,15H,1-3H3,(H2,14,16). The number of aryl methyl sites for hydroxylation is 1. The zero-order valence-corrected chi connectivity index (χ0v) is 11.7. The number of nitrogens with one attached hydrogen (secondary N) is 1. The van der Waals surface area contributed by atoms with Crippen LogP contribution in [0.2, 0.25) is 0 Å². The Morgan fingerprint density at radius 1 is 1.42 bits per heavy atom. The van der Waals surface area contributed by atoms with E-state index >= 15 is 0 Å². The van der Waals surface area contributed by atoms with Crippen molar-refractivity contribution in [3.05, 3.63) is 29.3 Å². The normalized spacial score (nSPS) is 11.9. The first-order valence-electron chi connectivity index (χ1n) is 5.45. The zero-order valence-electron chi connectivity index (χ0n) is 10.9. The number of nitrogens with two attached hydrogens (primary N) is 1. The summed E-state index contributed by atoms with van der Waals surface area (Å²) < 4.78 is 26.7. The average Bonchev–Trinajstić information content (AvgIpc) is 2.27. The van der Waals surface area contributed by atoms with Gasteiger partial charge in [0, 0.05) is 0 Å². The highest BCUT2D eigenvalue weighted by Crippen LogP contribution is 2.18. The number of carbonyl (C=O) groups is 1. The minimum atomic E-state index is -3.93. The lowest BCUT2D eigenvalue weighted by Gasteiger charge is -2.22. The Kier molecular flexibility index (Phi) is 3.98. The Labute approximate surface area is 112 Å². The van der Waals surface area contributed by atoms with E-state index in [2.05, 4.69) is 4.72 Å². The Balaban J connectivity index is 3.30. The number of amides is 1. The first-order chi connectivity index (χ1) is 8.60. The third-order valence-corrected chi connectivity index (χ3v) is 4.41. The van der Waals surface area contributed by atoms with E-state index in [1.54, 1.807) is 6.92 Å². The largest absolute Gasteiger partial charge is 0.368 e. The van der Waals surface area contributed by atoms with Gasteiger partial charge in [0.2, 0.25) is 15.9 Å². The summed E-state index contributed by atoms with van der Waals surface area (Å²) in [5.74, 6) is -0.787. The Bertz CT molecular complexity index is 657. The van der Waals surface area contributed by atoms with Gasteiger partial charge in [-0.2, -0.15) is 9.98 Å². The van der Waals surface area contributed by atoms with Crippen LogP contribution in [0.25, 0.3) is 0 Å². The summed E-state index contributed by atoms with van der Waals surface area (Å²) in [5.41, 5.74) is 4.43. The Morgan fingerprint density at radius 2 is 2.00 bits per heavy atom. The highest BCUT2D eigenvalue weighted by atomic mass is 32.2. The molecule has 0 spiro atoms. The molecule has 6 nitrogen and oxygen atoms in total. The molecule has 0 atom stereocenters. The number of nitrogens with zero attached hydrogens (tertiary/aromatic N) is 1. The third-order valence-electron chi connectivity index (χ3n) is 2.61. The van der Waals surface area contributed by atoms with Gasteiger partial charge < -0.3 is 5.73 Å². The van der Waals surface area contributed by atoms with Gasteiger partial charge in [-0.3, -0.25) is 4.79 Å². The minimum Gasteiger partial charge on any atom is -0.368 e. The highest BCUT2D eigenvalue weighted by molar-refractivity contribution is 7.89. The van der Waals surface area contributed by atoms with E-state index < -0.39 is 21.5 Å². The molecule has 1 rings (SSSR count). The fourth-order valence-electron chi connectivity index (χ4n) is 1.40. The van der Waals surface area contributed by atoms with E-state index in [-0.39, 0.29) is 10.5 Å². The Morgan fingerprint density at radius 3 is 2.47 bits per heavy atom. The molecule has 1 amide bonds. The van der Waals surface area contributed by atoms with Gasteiger partial charge in [-0.25, -0.2) is 8.42 Å². The van der Waals surface area contributed by atoms with E-state index in [0.29, 0.717) is 5.56 Å². The maximum atomic E-state index is 12.2. The van der Waals surface area contributed by atoms with E-state index in [1.165, 1.54) is 32.0 Å². The molecule has 1 aromatic carbocycles. The van der Waals surface area contributed by atoms with Crippen LogP contribution < -0.4 is 10.5 Å². The van der Waals surface area contributed by atoms with E-state index in [4.69, 9.17) is 11.0 Å². The van der Waals surface area contributed by atoms with Crippen molar-refractivity contribution < 1.29 is 13.2 Å². The summed E-state index contributed by atoms with van der Waals surface area (Å²) in [6.45, 7) is 4.35. The monoisotopic (exact) mass is 281 g/mol. The molecule has 0 aliphatic heterocycles. The number of hydrogen-bond donors (Lipinski definition) is 2. The van der Waals surface area contributed by atoms with Crippen LogP contribution in [0.4, 0.5) is 0 Å². The van der Waals surface area contributed by atoms with Crippen molar-refractivity contribution in [1.82, 2.24) is 4.72 Å². The summed E-state index contributed by atoms with van der Waals surface area (Å²) in [5, 5.41) is 8.80. The zero-order chi connectivity index (χ0) is 14.8. The van der Waals surface area contributed by atoms with Gasteiger partial charge in [0.15, 0.2) is 0 Å². The lowest BCUT2D eigenvalue weighted by Crippen LogP contribution is -2.52. The van der Waals surface area contributed by atoms with Crippen LogP contribution in [-0.4, -0.2) is 19.9 Å². The molecule has 0 radical (unpaired) electrons. The lowest BCUT2D eigenvalue weighted by molar-refractivity contribution is -0.122. The summed E-state index contributed by atoms with van der Waals surface area (Å²) >= 11 is 0. The van der Waals surface area contributed by atoms with Crippen LogP contribution in [0, 0.1) is 18.3 Å². The predicted octanol–water partition coefficient (Wildman–Crippen LogP) is 0.409. The van der Waals surface area contributed by atoms with Gasteiger partial charge in [-0.05, 0) is 38.5 Å². The molecule has 0 aliphatic rings. The van der Waals surface area contributed by atoms with Gasteiger partial charge in [-0.15, -0.1) is 0 Å². The van der Waals surface area contributed by atoms with Crippen LogP contribution in [0.15, 0.2) is 23.1 Å². The fourth-order valence-corrected chi connectivity index (χ4v) is 3.06. The molecule has 19 heavy (non-hydrogen) atoms.